The van der Waals surface area contributed by atoms with E-state index in [0.29, 0.717) is 6.42 Å². The van der Waals surface area contributed by atoms with E-state index < -0.39 is 7.60 Å². The molecule has 0 amide bonds. The van der Waals surface area contributed by atoms with Crippen LogP contribution in [0.2, 0.25) is 0 Å². The molecule has 0 aliphatic rings. The van der Waals surface area contributed by atoms with E-state index in [9.17, 15) is 14.4 Å². The van der Waals surface area contributed by atoms with E-state index in [0.717, 1.165) is 19.3 Å². The monoisotopic (exact) mass is 251 g/mol. The van der Waals surface area contributed by atoms with Crippen molar-refractivity contribution in [3.63, 3.8) is 0 Å². The van der Waals surface area contributed by atoms with Crippen LogP contribution in [0.1, 0.15) is 45.4 Å². The van der Waals surface area contributed by atoms with Crippen LogP contribution in [0.4, 0.5) is 0 Å². The Bertz CT molecular complexity index is 146. The fraction of sp³-hybridized carbons (Fsp3) is 1.00. The normalized spacial score (nSPS) is 11.0. The molecular formula is C8H17CoO3P. The zero-order valence-electron chi connectivity index (χ0n) is 7.96. The van der Waals surface area contributed by atoms with Crippen molar-refractivity contribution >= 4 is 7.60 Å². The molecule has 0 spiro atoms. The summed E-state index contributed by atoms with van der Waals surface area (Å²) < 4.78 is 10.2. The molecule has 0 bridgehead atoms. The van der Waals surface area contributed by atoms with Gasteiger partial charge in [0.15, 0.2) is 0 Å². The topological polar surface area (TPSA) is 63.2 Å². The number of unbranched alkanes of at least 4 members (excludes halogenated alkanes) is 5. The predicted octanol–water partition coefficient (Wildman–Crippen LogP) is 1.26. The smallest absolute Gasteiger partial charge is 0.811 e. The molecule has 0 heterocycles. The molecule has 0 aromatic carbocycles. The van der Waals surface area contributed by atoms with Crippen molar-refractivity contribution in [1.82, 2.24) is 0 Å². The van der Waals surface area contributed by atoms with Gasteiger partial charge in [0.05, 0.1) is 0 Å². The largest absolute Gasteiger partial charge is 2.00 e. The second-order valence-electron chi connectivity index (χ2n) is 3.10. The molecule has 0 saturated carbocycles. The third kappa shape index (κ3) is 15.4. The van der Waals surface area contributed by atoms with Crippen LogP contribution in [-0.4, -0.2) is 6.16 Å². The van der Waals surface area contributed by atoms with Gasteiger partial charge in [0.2, 0.25) is 0 Å². The number of hydrogen-bond acceptors (Lipinski definition) is 3. The minimum absolute atomic E-state index is 0. The maximum Gasteiger partial charge on any atom is 2.00 e. The van der Waals surface area contributed by atoms with E-state index in [1.807, 2.05) is 0 Å². The third-order valence-corrected chi connectivity index (χ3v) is 2.65. The van der Waals surface area contributed by atoms with Crippen LogP contribution in [-0.2, 0) is 21.3 Å². The second kappa shape index (κ2) is 9.22. The number of rotatable bonds is 7. The van der Waals surface area contributed by atoms with E-state index in [-0.39, 0.29) is 22.9 Å². The molecule has 0 aromatic rings. The van der Waals surface area contributed by atoms with Crippen LogP contribution in [0.15, 0.2) is 0 Å². The Hall–Kier alpha value is 0.656. The molecule has 0 saturated heterocycles. The molecule has 0 unspecified atom stereocenters. The second-order valence-corrected chi connectivity index (χ2v) is 4.77. The first-order chi connectivity index (χ1) is 5.56. The zero-order chi connectivity index (χ0) is 9.45. The molecular weight excluding hydrogens is 234 g/mol. The minimum Gasteiger partial charge on any atom is -0.811 e. The fourth-order valence-corrected chi connectivity index (χ4v) is 1.70. The SMILES string of the molecule is CCCCCCCCP(=O)([O-])[O-].[Co+2]. The first-order valence-corrected chi connectivity index (χ1v) is 6.30. The van der Waals surface area contributed by atoms with E-state index in [2.05, 4.69) is 6.92 Å². The zero-order valence-corrected chi connectivity index (χ0v) is 9.89. The quantitative estimate of drug-likeness (QED) is 0.505. The van der Waals surface area contributed by atoms with Gasteiger partial charge in [0.25, 0.3) is 0 Å². The van der Waals surface area contributed by atoms with E-state index in [4.69, 9.17) is 0 Å². The molecule has 0 fully saturated rings. The summed E-state index contributed by atoms with van der Waals surface area (Å²) in [5, 5.41) is 0. The van der Waals surface area contributed by atoms with Gasteiger partial charge in [-0.1, -0.05) is 46.6 Å². The van der Waals surface area contributed by atoms with Crippen LogP contribution in [0.3, 0.4) is 0 Å². The Morgan fingerprint density at radius 2 is 1.46 bits per heavy atom. The van der Waals surface area contributed by atoms with Crippen LogP contribution in [0.25, 0.3) is 0 Å². The van der Waals surface area contributed by atoms with Gasteiger partial charge < -0.3 is 14.4 Å². The maximum atomic E-state index is 10.2. The Kier molecular flexibility index (Phi) is 11.4. The summed E-state index contributed by atoms with van der Waals surface area (Å²) in [5.41, 5.74) is 0. The van der Waals surface area contributed by atoms with Crippen molar-refractivity contribution < 1.29 is 31.1 Å². The Balaban J connectivity index is 0. The molecule has 0 aliphatic carbocycles. The van der Waals surface area contributed by atoms with Crippen LogP contribution < -0.4 is 9.79 Å². The molecule has 13 heavy (non-hydrogen) atoms. The van der Waals surface area contributed by atoms with E-state index >= 15 is 0 Å². The molecule has 0 N–H and O–H groups in total. The van der Waals surface area contributed by atoms with E-state index in [1.54, 1.807) is 0 Å². The van der Waals surface area contributed by atoms with Gasteiger partial charge in [-0.2, -0.15) is 0 Å². The van der Waals surface area contributed by atoms with E-state index in [1.165, 1.54) is 12.8 Å². The molecule has 0 atom stereocenters. The Morgan fingerprint density at radius 1 is 1.00 bits per heavy atom. The summed E-state index contributed by atoms with van der Waals surface area (Å²) in [6.07, 6.45) is 5.82. The third-order valence-electron chi connectivity index (χ3n) is 1.79. The van der Waals surface area contributed by atoms with Crippen molar-refractivity contribution in [3.8, 4) is 0 Å². The van der Waals surface area contributed by atoms with Crippen molar-refractivity contribution in [2.24, 2.45) is 0 Å². The maximum absolute atomic E-state index is 10.2. The summed E-state index contributed by atoms with van der Waals surface area (Å²) in [6.45, 7) is 2.13. The Labute approximate surface area is 90.7 Å². The first kappa shape index (κ1) is 16.1. The van der Waals surface area contributed by atoms with Gasteiger partial charge in [-0.25, -0.2) is 0 Å². The minimum atomic E-state index is -4.22. The molecule has 0 rings (SSSR count). The van der Waals surface area contributed by atoms with Gasteiger partial charge in [0.1, 0.15) is 0 Å². The number of hydrogen-bond donors (Lipinski definition) is 0. The molecule has 0 aliphatic heterocycles. The van der Waals surface area contributed by atoms with Crippen molar-refractivity contribution in [2.75, 3.05) is 6.16 Å². The summed E-state index contributed by atoms with van der Waals surface area (Å²) >= 11 is 0. The van der Waals surface area contributed by atoms with Crippen molar-refractivity contribution in [1.29, 1.82) is 0 Å². The van der Waals surface area contributed by atoms with Crippen LogP contribution in [0, 0.1) is 0 Å². The standard InChI is InChI=1S/C8H19O3P.Co/c1-2-3-4-5-6-7-8-12(9,10)11;/h2-8H2,1H3,(H2,9,10,11);/q;+2/p-2. The summed E-state index contributed by atoms with van der Waals surface area (Å²) in [5.74, 6) is 0. The van der Waals surface area contributed by atoms with Gasteiger partial charge >= 0.3 is 16.8 Å². The molecule has 1 radical (unpaired) electrons. The van der Waals surface area contributed by atoms with Crippen LogP contribution >= 0.6 is 7.60 Å². The molecule has 81 valence electrons. The van der Waals surface area contributed by atoms with Crippen molar-refractivity contribution in [2.45, 2.75) is 45.4 Å². The average Bonchev–Trinajstić information content (AvgIpc) is 1.94. The molecule has 5 heteroatoms. The summed E-state index contributed by atoms with van der Waals surface area (Å²) in [4.78, 5) is 20.4. The predicted molar refractivity (Wildman–Crippen MR) is 45.8 cm³/mol. The fourth-order valence-electron chi connectivity index (χ4n) is 1.09. The summed E-state index contributed by atoms with van der Waals surface area (Å²) in [7, 11) is -4.22. The molecule has 3 nitrogen and oxygen atoms in total. The van der Waals surface area contributed by atoms with Gasteiger partial charge in [0, 0.05) is 0 Å². The van der Waals surface area contributed by atoms with Gasteiger partial charge in [-0.3, -0.25) is 0 Å². The van der Waals surface area contributed by atoms with Crippen molar-refractivity contribution in [3.05, 3.63) is 0 Å². The average molecular weight is 251 g/mol. The van der Waals surface area contributed by atoms with Gasteiger partial charge in [-0.05, 0) is 12.6 Å². The Morgan fingerprint density at radius 3 is 1.92 bits per heavy atom. The van der Waals surface area contributed by atoms with Crippen LogP contribution in [0.5, 0.6) is 0 Å². The van der Waals surface area contributed by atoms with Gasteiger partial charge in [-0.15, -0.1) is 0 Å². The molecule has 0 aromatic heterocycles. The summed E-state index contributed by atoms with van der Waals surface area (Å²) in [6, 6.07) is 0. The first-order valence-electron chi connectivity index (χ1n) is 4.57.